The first-order chi connectivity index (χ1) is 11.7. The number of likely N-dealkylation sites (tertiary alicyclic amines) is 2. The largest absolute Gasteiger partial charge is 0.481 e. The van der Waals surface area contributed by atoms with Gasteiger partial charge in [0.25, 0.3) is 11.5 Å². The number of nitrogens with zero attached hydrogens (tertiary/aromatic N) is 2. The second-order valence-corrected chi connectivity index (χ2v) is 7.57. The zero-order valence-electron chi connectivity index (χ0n) is 15.2. The maximum absolute atomic E-state index is 13.0. The van der Waals surface area contributed by atoms with E-state index in [2.05, 4.69) is 4.98 Å². The van der Waals surface area contributed by atoms with Gasteiger partial charge < -0.3 is 19.9 Å². The predicted octanol–water partition coefficient (Wildman–Crippen LogP) is 0.779. The smallest absolute Gasteiger partial charge is 0.313 e. The molecule has 0 spiro atoms. The van der Waals surface area contributed by atoms with E-state index in [9.17, 15) is 19.5 Å². The third-order valence-corrected chi connectivity index (χ3v) is 6.06. The number of amides is 1. The van der Waals surface area contributed by atoms with Crippen LogP contribution in [0.15, 0.2) is 4.79 Å². The van der Waals surface area contributed by atoms with E-state index < -0.39 is 16.9 Å². The van der Waals surface area contributed by atoms with Gasteiger partial charge in [-0.1, -0.05) is 0 Å². The summed E-state index contributed by atoms with van der Waals surface area (Å²) in [5.74, 6) is -1.29. The van der Waals surface area contributed by atoms with Gasteiger partial charge in [0, 0.05) is 25.3 Å². The molecule has 136 valence electrons. The predicted molar refractivity (Wildman–Crippen MR) is 92.9 cm³/mol. The van der Waals surface area contributed by atoms with E-state index in [1.807, 2.05) is 18.9 Å². The Morgan fingerprint density at radius 3 is 2.52 bits per heavy atom. The minimum absolute atomic E-state index is 0.0731. The molecule has 0 radical (unpaired) electrons. The number of piperidine rings is 1. The molecule has 3 rings (SSSR count). The molecule has 0 bridgehead atoms. The zero-order valence-corrected chi connectivity index (χ0v) is 15.2. The molecule has 0 saturated carbocycles. The van der Waals surface area contributed by atoms with E-state index in [0.29, 0.717) is 18.7 Å². The van der Waals surface area contributed by atoms with E-state index in [-0.39, 0.29) is 23.9 Å². The molecule has 1 aromatic rings. The summed E-state index contributed by atoms with van der Waals surface area (Å²) in [6.45, 7) is 7.25. The number of aliphatic carboxylic acids is 1. The number of H-pyrrole nitrogens is 1. The molecule has 2 aliphatic rings. The van der Waals surface area contributed by atoms with Crippen LogP contribution in [0.4, 0.5) is 0 Å². The molecule has 2 saturated heterocycles. The van der Waals surface area contributed by atoms with Crippen molar-refractivity contribution in [2.75, 3.05) is 33.2 Å². The van der Waals surface area contributed by atoms with Crippen LogP contribution in [0.25, 0.3) is 0 Å². The first-order valence-corrected chi connectivity index (χ1v) is 8.58. The highest BCUT2D eigenvalue weighted by Crippen LogP contribution is 2.42. The quantitative estimate of drug-likeness (QED) is 0.824. The van der Waals surface area contributed by atoms with E-state index >= 15 is 0 Å². The average molecular weight is 347 g/mol. The fourth-order valence-corrected chi connectivity index (χ4v) is 4.30. The number of pyridine rings is 1. The molecule has 0 aliphatic carbocycles. The first kappa shape index (κ1) is 17.7. The minimum Gasteiger partial charge on any atom is -0.481 e. The van der Waals surface area contributed by atoms with Crippen molar-refractivity contribution in [2.24, 2.45) is 11.3 Å². The highest BCUT2D eigenvalue weighted by molar-refractivity contribution is 5.96. The molecule has 2 fully saturated rings. The van der Waals surface area contributed by atoms with Gasteiger partial charge in [-0.25, -0.2) is 0 Å². The lowest BCUT2D eigenvalue weighted by Gasteiger charge is -2.39. The third kappa shape index (κ3) is 2.66. The Hall–Kier alpha value is -2.15. The summed E-state index contributed by atoms with van der Waals surface area (Å²) in [5, 5.41) is 9.84. The monoisotopic (exact) mass is 347 g/mol. The topological polar surface area (TPSA) is 93.7 Å². The Kier molecular flexibility index (Phi) is 4.23. The second-order valence-electron chi connectivity index (χ2n) is 7.57. The van der Waals surface area contributed by atoms with Crippen molar-refractivity contribution in [3.63, 3.8) is 0 Å². The van der Waals surface area contributed by atoms with Gasteiger partial charge in [-0.2, -0.15) is 0 Å². The number of carbonyl (C=O) groups excluding carboxylic acids is 1. The standard InChI is InChI=1S/C18H25N3O4/c1-10-11(2)14(15(22)19-12(10)3)16(23)21-7-13-5-6-20(4)8-18(13,9-21)17(24)25/h13H,5-9H2,1-4H3,(H,19,22)(H,24,25)/t13-,18-/m1/s1. The number of carboxylic acids is 1. The summed E-state index contributed by atoms with van der Waals surface area (Å²) in [5.41, 5.74) is 1.09. The Morgan fingerprint density at radius 1 is 1.20 bits per heavy atom. The number of aromatic nitrogens is 1. The summed E-state index contributed by atoms with van der Waals surface area (Å²) < 4.78 is 0. The maximum Gasteiger partial charge on any atom is 0.313 e. The van der Waals surface area contributed by atoms with Gasteiger partial charge in [-0.3, -0.25) is 14.4 Å². The van der Waals surface area contributed by atoms with Crippen molar-refractivity contribution in [1.82, 2.24) is 14.8 Å². The Balaban J connectivity index is 1.97. The summed E-state index contributed by atoms with van der Waals surface area (Å²) in [4.78, 5) is 43.7. The molecular weight excluding hydrogens is 322 g/mol. The molecule has 0 unspecified atom stereocenters. The van der Waals surface area contributed by atoms with E-state index in [4.69, 9.17) is 0 Å². The van der Waals surface area contributed by atoms with Crippen molar-refractivity contribution < 1.29 is 14.7 Å². The molecular formula is C18H25N3O4. The Labute approximate surface area is 146 Å². The van der Waals surface area contributed by atoms with Gasteiger partial charge in [0.05, 0.1) is 0 Å². The van der Waals surface area contributed by atoms with Crippen LogP contribution in [-0.4, -0.2) is 65.0 Å². The van der Waals surface area contributed by atoms with Crippen LogP contribution in [0.5, 0.6) is 0 Å². The summed E-state index contributed by atoms with van der Waals surface area (Å²) >= 11 is 0. The normalized spacial score (nSPS) is 26.6. The van der Waals surface area contributed by atoms with Gasteiger partial charge in [-0.15, -0.1) is 0 Å². The number of rotatable bonds is 2. The van der Waals surface area contributed by atoms with Crippen LogP contribution in [-0.2, 0) is 4.79 Å². The van der Waals surface area contributed by atoms with Crippen LogP contribution in [0.1, 0.15) is 33.6 Å². The van der Waals surface area contributed by atoms with Gasteiger partial charge in [0.1, 0.15) is 11.0 Å². The second kappa shape index (κ2) is 5.98. The summed E-state index contributed by atoms with van der Waals surface area (Å²) in [6.07, 6.45) is 0.745. The maximum atomic E-state index is 13.0. The van der Waals surface area contributed by atoms with Crippen molar-refractivity contribution in [3.8, 4) is 0 Å². The summed E-state index contributed by atoms with van der Waals surface area (Å²) in [7, 11) is 1.91. The lowest BCUT2D eigenvalue weighted by Crippen LogP contribution is -2.52. The number of aromatic amines is 1. The van der Waals surface area contributed by atoms with Gasteiger partial charge in [-0.05, 0) is 57.8 Å². The fraction of sp³-hybridized carbons (Fsp3) is 0.611. The fourth-order valence-electron chi connectivity index (χ4n) is 4.30. The van der Waals surface area contributed by atoms with Crippen LogP contribution in [0.2, 0.25) is 0 Å². The highest BCUT2D eigenvalue weighted by Gasteiger charge is 2.55. The summed E-state index contributed by atoms with van der Waals surface area (Å²) in [6, 6.07) is 0. The van der Waals surface area contributed by atoms with Crippen LogP contribution in [0, 0.1) is 32.1 Å². The Morgan fingerprint density at radius 2 is 1.88 bits per heavy atom. The molecule has 0 aromatic carbocycles. The molecule has 2 atom stereocenters. The third-order valence-electron chi connectivity index (χ3n) is 6.06. The molecule has 2 N–H and O–H groups in total. The average Bonchev–Trinajstić information content (AvgIpc) is 2.92. The number of carbonyl (C=O) groups is 2. The van der Waals surface area contributed by atoms with Crippen molar-refractivity contribution >= 4 is 11.9 Å². The molecule has 7 nitrogen and oxygen atoms in total. The molecule has 3 heterocycles. The number of aryl methyl sites for hydroxylation is 1. The number of nitrogens with one attached hydrogen (secondary N) is 1. The van der Waals surface area contributed by atoms with Crippen molar-refractivity contribution in [2.45, 2.75) is 27.2 Å². The highest BCUT2D eigenvalue weighted by atomic mass is 16.4. The van der Waals surface area contributed by atoms with E-state index in [1.54, 1.807) is 18.7 Å². The molecule has 7 heteroatoms. The number of fused-ring (bicyclic) bond motifs is 1. The van der Waals surface area contributed by atoms with Gasteiger partial charge in [0.15, 0.2) is 0 Å². The zero-order chi connectivity index (χ0) is 18.5. The van der Waals surface area contributed by atoms with Crippen LogP contribution >= 0.6 is 0 Å². The molecule has 1 aromatic heterocycles. The molecule has 25 heavy (non-hydrogen) atoms. The van der Waals surface area contributed by atoms with Crippen LogP contribution < -0.4 is 5.56 Å². The minimum atomic E-state index is -0.941. The Bertz CT molecular complexity index is 800. The van der Waals surface area contributed by atoms with Crippen molar-refractivity contribution in [3.05, 3.63) is 32.7 Å². The van der Waals surface area contributed by atoms with Crippen molar-refractivity contribution in [1.29, 1.82) is 0 Å². The number of hydrogen-bond acceptors (Lipinski definition) is 4. The molecule has 2 aliphatic heterocycles. The number of carboxylic acid groups (broad SMARTS) is 1. The first-order valence-electron chi connectivity index (χ1n) is 8.58. The lowest BCUT2D eigenvalue weighted by molar-refractivity contribution is -0.153. The number of hydrogen-bond donors (Lipinski definition) is 2. The van der Waals surface area contributed by atoms with Crippen LogP contribution in [0.3, 0.4) is 0 Å². The SMILES string of the molecule is Cc1[nH]c(=O)c(C(=O)N2C[C@H]3CCN(C)C[C@@]3(C(=O)O)C2)c(C)c1C. The van der Waals surface area contributed by atoms with E-state index in [1.165, 1.54) is 0 Å². The van der Waals surface area contributed by atoms with E-state index in [0.717, 1.165) is 24.2 Å². The lowest BCUT2D eigenvalue weighted by atomic mass is 9.73. The van der Waals surface area contributed by atoms with Gasteiger partial charge >= 0.3 is 5.97 Å². The molecule has 1 amide bonds. The van der Waals surface area contributed by atoms with Gasteiger partial charge in [0.2, 0.25) is 0 Å².